The minimum Gasteiger partial charge on any atom is -0.385 e. The second-order valence-corrected chi connectivity index (χ2v) is 3.84. The molecule has 1 rings (SSSR count). The summed E-state index contributed by atoms with van der Waals surface area (Å²) < 4.78 is 0. The number of nitrogens with one attached hydrogen (secondary N) is 2. The highest BCUT2D eigenvalue weighted by Crippen LogP contribution is 2.17. The van der Waals surface area contributed by atoms with Gasteiger partial charge in [-0.25, -0.2) is 0 Å². The van der Waals surface area contributed by atoms with E-state index in [4.69, 9.17) is 0 Å². The smallest absolute Gasteiger partial charge is 0.253 e. The second-order valence-electron chi connectivity index (χ2n) is 3.84. The zero-order valence-electron chi connectivity index (χ0n) is 10.3. The molecule has 0 bridgehead atoms. The Morgan fingerprint density at radius 2 is 2.06 bits per heavy atom. The molecular weight excluding hydrogens is 200 g/mol. The molecule has 3 heteroatoms. The maximum absolute atomic E-state index is 11.9. The van der Waals surface area contributed by atoms with E-state index in [0.717, 1.165) is 36.3 Å². The second kappa shape index (κ2) is 6.16. The molecule has 2 N–H and O–H groups in total. The third-order valence-corrected chi connectivity index (χ3v) is 2.32. The Balaban J connectivity index is 2.88. The highest BCUT2D eigenvalue weighted by molar-refractivity contribution is 5.99. The van der Waals surface area contributed by atoms with Gasteiger partial charge in [0.1, 0.15) is 0 Å². The lowest BCUT2D eigenvalue weighted by atomic mass is 10.1. The number of carbonyl (C=O) groups is 1. The van der Waals surface area contributed by atoms with Crippen LogP contribution in [0.15, 0.2) is 18.2 Å². The number of hydrogen-bond acceptors (Lipinski definition) is 2. The van der Waals surface area contributed by atoms with E-state index in [1.165, 1.54) is 0 Å². The van der Waals surface area contributed by atoms with Gasteiger partial charge in [-0.05, 0) is 38.0 Å². The van der Waals surface area contributed by atoms with Crippen LogP contribution in [0.25, 0.3) is 0 Å². The van der Waals surface area contributed by atoms with Crippen LogP contribution in [0, 0.1) is 6.92 Å². The lowest BCUT2D eigenvalue weighted by Gasteiger charge is -2.11. The zero-order valence-corrected chi connectivity index (χ0v) is 10.3. The van der Waals surface area contributed by atoms with Crippen molar-refractivity contribution in [3.8, 4) is 0 Å². The van der Waals surface area contributed by atoms with Crippen molar-refractivity contribution in [2.24, 2.45) is 0 Å². The van der Waals surface area contributed by atoms with Crippen molar-refractivity contribution in [2.75, 3.05) is 18.4 Å². The van der Waals surface area contributed by atoms with E-state index >= 15 is 0 Å². The molecule has 0 heterocycles. The predicted octanol–water partition coefficient (Wildman–Crippen LogP) is 2.57. The van der Waals surface area contributed by atoms with E-state index in [2.05, 4.69) is 10.6 Å². The summed E-state index contributed by atoms with van der Waals surface area (Å²) in [7, 11) is 0. The standard InChI is InChI=1S/C13H20N2O/c1-4-8-15-13(16)11-7-6-10(3)9-12(11)14-5-2/h6-7,9,14H,4-5,8H2,1-3H3,(H,15,16). The van der Waals surface area contributed by atoms with Crippen molar-refractivity contribution < 1.29 is 4.79 Å². The molecule has 0 aromatic heterocycles. The number of benzene rings is 1. The Bertz CT molecular complexity index is 361. The van der Waals surface area contributed by atoms with Crippen LogP contribution in [0.5, 0.6) is 0 Å². The van der Waals surface area contributed by atoms with Gasteiger partial charge in [0, 0.05) is 18.8 Å². The highest BCUT2D eigenvalue weighted by Gasteiger charge is 2.09. The normalized spacial score (nSPS) is 9.94. The average molecular weight is 220 g/mol. The summed E-state index contributed by atoms with van der Waals surface area (Å²) in [4.78, 5) is 11.9. The quantitative estimate of drug-likeness (QED) is 0.800. The van der Waals surface area contributed by atoms with Crippen molar-refractivity contribution >= 4 is 11.6 Å². The molecule has 0 radical (unpaired) electrons. The Labute approximate surface area is 97.2 Å². The van der Waals surface area contributed by atoms with Gasteiger partial charge < -0.3 is 10.6 Å². The molecule has 0 aliphatic carbocycles. The molecule has 0 spiro atoms. The number of rotatable bonds is 5. The summed E-state index contributed by atoms with van der Waals surface area (Å²) in [6.07, 6.45) is 0.953. The summed E-state index contributed by atoms with van der Waals surface area (Å²) in [5, 5.41) is 6.10. The first kappa shape index (κ1) is 12.6. The fourth-order valence-electron chi connectivity index (χ4n) is 1.53. The van der Waals surface area contributed by atoms with Gasteiger partial charge in [-0.1, -0.05) is 13.0 Å². The fraction of sp³-hybridized carbons (Fsp3) is 0.462. The maximum Gasteiger partial charge on any atom is 0.253 e. The van der Waals surface area contributed by atoms with Crippen molar-refractivity contribution in [2.45, 2.75) is 27.2 Å². The van der Waals surface area contributed by atoms with Crippen LogP contribution in [0.4, 0.5) is 5.69 Å². The molecule has 88 valence electrons. The molecule has 0 aliphatic heterocycles. The molecule has 0 saturated carbocycles. The summed E-state index contributed by atoms with van der Waals surface area (Å²) in [6.45, 7) is 7.63. The van der Waals surface area contributed by atoms with Gasteiger partial charge in [0.15, 0.2) is 0 Å². The highest BCUT2D eigenvalue weighted by atomic mass is 16.1. The number of hydrogen-bond donors (Lipinski definition) is 2. The molecule has 0 aliphatic rings. The Morgan fingerprint density at radius 3 is 2.69 bits per heavy atom. The molecule has 0 unspecified atom stereocenters. The largest absolute Gasteiger partial charge is 0.385 e. The molecular formula is C13H20N2O. The van der Waals surface area contributed by atoms with Gasteiger partial charge in [-0.3, -0.25) is 4.79 Å². The van der Waals surface area contributed by atoms with Crippen LogP contribution in [-0.4, -0.2) is 19.0 Å². The van der Waals surface area contributed by atoms with Crippen molar-refractivity contribution in [3.63, 3.8) is 0 Å². The van der Waals surface area contributed by atoms with Gasteiger partial charge in [0.05, 0.1) is 5.56 Å². The third-order valence-electron chi connectivity index (χ3n) is 2.32. The Morgan fingerprint density at radius 1 is 1.31 bits per heavy atom. The summed E-state index contributed by atoms with van der Waals surface area (Å²) in [5.41, 5.74) is 2.79. The van der Waals surface area contributed by atoms with Crippen LogP contribution < -0.4 is 10.6 Å². The molecule has 1 aromatic rings. The maximum atomic E-state index is 11.9. The fourth-order valence-corrected chi connectivity index (χ4v) is 1.53. The number of anilines is 1. The van der Waals surface area contributed by atoms with Crippen molar-refractivity contribution in [1.29, 1.82) is 0 Å². The van der Waals surface area contributed by atoms with Gasteiger partial charge in [0.25, 0.3) is 5.91 Å². The van der Waals surface area contributed by atoms with Crippen LogP contribution >= 0.6 is 0 Å². The number of amides is 1. The third kappa shape index (κ3) is 3.26. The summed E-state index contributed by atoms with van der Waals surface area (Å²) in [6, 6.07) is 5.84. The molecule has 3 nitrogen and oxygen atoms in total. The first-order valence-corrected chi connectivity index (χ1v) is 5.81. The van der Waals surface area contributed by atoms with E-state index in [0.29, 0.717) is 0 Å². The summed E-state index contributed by atoms with van der Waals surface area (Å²) >= 11 is 0. The lowest BCUT2D eigenvalue weighted by Crippen LogP contribution is -2.25. The topological polar surface area (TPSA) is 41.1 Å². The average Bonchev–Trinajstić information content (AvgIpc) is 2.26. The minimum absolute atomic E-state index is 0.00204. The van der Waals surface area contributed by atoms with Crippen molar-refractivity contribution in [1.82, 2.24) is 5.32 Å². The molecule has 16 heavy (non-hydrogen) atoms. The Kier molecular flexibility index (Phi) is 4.83. The van der Waals surface area contributed by atoms with Crippen molar-refractivity contribution in [3.05, 3.63) is 29.3 Å². The molecule has 0 atom stereocenters. The van der Waals surface area contributed by atoms with E-state index in [1.54, 1.807) is 0 Å². The van der Waals surface area contributed by atoms with Crippen LogP contribution in [0.1, 0.15) is 36.2 Å². The SMILES string of the molecule is CCCNC(=O)c1ccc(C)cc1NCC. The monoisotopic (exact) mass is 220 g/mol. The molecule has 0 saturated heterocycles. The van der Waals surface area contributed by atoms with Gasteiger partial charge in [-0.15, -0.1) is 0 Å². The van der Waals surface area contributed by atoms with Crippen LogP contribution in [-0.2, 0) is 0 Å². The van der Waals surface area contributed by atoms with E-state index < -0.39 is 0 Å². The molecule has 0 fully saturated rings. The van der Waals surface area contributed by atoms with E-state index in [9.17, 15) is 4.79 Å². The number of carbonyl (C=O) groups excluding carboxylic acids is 1. The zero-order chi connectivity index (χ0) is 12.0. The lowest BCUT2D eigenvalue weighted by molar-refractivity contribution is 0.0954. The van der Waals surface area contributed by atoms with E-state index in [-0.39, 0.29) is 5.91 Å². The van der Waals surface area contributed by atoms with E-state index in [1.807, 2.05) is 39.0 Å². The first-order valence-electron chi connectivity index (χ1n) is 5.81. The van der Waals surface area contributed by atoms with Gasteiger partial charge >= 0.3 is 0 Å². The first-order chi connectivity index (χ1) is 7.69. The summed E-state index contributed by atoms with van der Waals surface area (Å²) in [5.74, 6) is -0.00204. The van der Waals surface area contributed by atoms with Gasteiger partial charge in [-0.2, -0.15) is 0 Å². The Hall–Kier alpha value is -1.51. The minimum atomic E-state index is -0.00204. The number of aryl methyl sites for hydroxylation is 1. The van der Waals surface area contributed by atoms with Crippen LogP contribution in [0.2, 0.25) is 0 Å². The molecule has 1 amide bonds. The van der Waals surface area contributed by atoms with Gasteiger partial charge in [0.2, 0.25) is 0 Å². The predicted molar refractivity (Wildman–Crippen MR) is 68.0 cm³/mol. The van der Waals surface area contributed by atoms with Crippen LogP contribution in [0.3, 0.4) is 0 Å². The molecule has 1 aromatic carbocycles.